The molecule has 0 spiro atoms. The molecule has 0 bridgehead atoms. The zero-order valence-electron chi connectivity index (χ0n) is 13.0. The molecule has 1 heterocycles. The van der Waals surface area contributed by atoms with Gasteiger partial charge in [-0.3, -0.25) is 4.79 Å². The standard InChI is InChI=1S/C17H27N3O/c1-2-20-11-8-14(9-12-20)7-10-19-17(21)13-15-3-5-16(18)6-4-15/h3-6,14H,2,7-13,18H2,1H3,(H,19,21). The molecule has 1 saturated heterocycles. The van der Waals surface area contributed by atoms with Gasteiger partial charge in [0.1, 0.15) is 0 Å². The van der Waals surface area contributed by atoms with E-state index in [1.54, 1.807) is 0 Å². The fourth-order valence-electron chi connectivity index (χ4n) is 2.89. The van der Waals surface area contributed by atoms with E-state index in [4.69, 9.17) is 5.73 Å². The van der Waals surface area contributed by atoms with E-state index in [1.165, 1.54) is 25.9 Å². The van der Waals surface area contributed by atoms with E-state index < -0.39 is 0 Å². The van der Waals surface area contributed by atoms with Gasteiger partial charge in [0, 0.05) is 12.2 Å². The normalized spacial score (nSPS) is 16.8. The van der Waals surface area contributed by atoms with Crippen LogP contribution in [0, 0.1) is 5.92 Å². The molecule has 116 valence electrons. The predicted molar refractivity (Wildman–Crippen MR) is 87.0 cm³/mol. The number of carbonyl (C=O) groups is 1. The van der Waals surface area contributed by atoms with Crippen molar-refractivity contribution in [1.82, 2.24) is 10.2 Å². The van der Waals surface area contributed by atoms with E-state index >= 15 is 0 Å². The molecule has 1 aromatic carbocycles. The number of nitrogens with two attached hydrogens (primary N) is 1. The Kier molecular flexibility index (Phi) is 6.05. The van der Waals surface area contributed by atoms with Crippen LogP contribution in [0.4, 0.5) is 5.69 Å². The van der Waals surface area contributed by atoms with Crippen LogP contribution in [0.5, 0.6) is 0 Å². The van der Waals surface area contributed by atoms with Crippen LogP contribution in [0.25, 0.3) is 0 Å². The lowest BCUT2D eigenvalue weighted by atomic mass is 9.93. The summed E-state index contributed by atoms with van der Waals surface area (Å²) in [6.07, 6.45) is 4.07. The average Bonchev–Trinajstić information content (AvgIpc) is 2.50. The molecule has 21 heavy (non-hydrogen) atoms. The molecule has 0 radical (unpaired) electrons. The van der Waals surface area contributed by atoms with Gasteiger partial charge in [0.25, 0.3) is 0 Å². The number of nitrogens with one attached hydrogen (secondary N) is 1. The first kappa shape index (κ1) is 15.8. The summed E-state index contributed by atoms with van der Waals surface area (Å²) in [4.78, 5) is 14.4. The number of piperidine rings is 1. The molecule has 1 fully saturated rings. The topological polar surface area (TPSA) is 58.4 Å². The van der Waals surface area contributed by atoms with Gasteiger partial charge in [-0.15, -0.1) is 0 Å². The van der Waals surface area contributed by atoms with Crippen LogP contribution in [0.3, 0.4) is 0 Å². The number of nitrogens with zero attached hydrogens (tertiary/aromatic N) is 1. The summed E-state index contributed by atoms with van der Waals surface area (Å²) in [5, 5.41) is 3.03. The second-order valence-corrected chi connectivity index (χ2v) is 5.93. The van der Waals surface area contributed by atoms with Crippen molar-refractivity contribution in [2.24, 2.45) is 5.92 Å². The minimum absolute atomic E-state index is 0.103. The molecular formula is C17H27N3O. The van der Waals surface area contributed by atoms with Gasteiger partial charge < -0.3 is 16.0 Å². The summed E-state index contributed by atoms with van der Waals surface area (Å²) < 4.78 is 0. The van der Waals surface area contributed by atoms with Crippen molar-refractivity contribution in [3.63, 3.8) is 0 Å². The maximum absolute atomic E-state index is 11.9. The lowest BCUT2D eigenvalue weighted by Crippen LogP contribution is -2.35. The predicted octanol–water partition coefficient (Wildman–Crippen LogP) is 2.05. The van der Waals surface area contributed by atoms with Gasteiger partial charge in [-0.25, -0.2) is 0 Å². The molecule has 1 aromatic rings. The first-order valence-corrected chi connectivity index (χ1v) is 8.01. The van der Waals surface area contributed by atoms with Crippen molar-refractivity contribution in [2.75, 3.05) is 31.9 Å². The largest absolute Gasteiger partial charge is 0.399 e. The fourth-order valence-corrected chi connectivity index (χ4v) is 2.89. The summed E-state index contributed by atoms with van der Waals surface area (Å²) in [6.45, 7) is 6.59. The number of carbonyl (C=O) groups excluding carboxylic acids is 1. The second kappa shape index (κ2) is 8.03. The van der Waals surface area contributed by atoms with Gasteiger partial charge in [0.2, 0.25) is 5.91 Å². The highest BCUT2D eigenvalue weighted by atomic mass is 16.1. The Morgan fingerprint density at radius 3 is 2.57 bits per heavy atom. The van der Waals surface area contributed by atoms with Crippen molar-refractivity contribution < 1.29 is 4.79 Å². The maximum Gasteiger partial charge on any atom is 0.224 e. The molecule has 1 amide bonds. The van der Waals surface area contributed by atoms with Crippen LogP contribution in [0.2, 0.25) is 0 Å². The highest BCUT2D eigenvalue weighted by Crippen LogP contribution is 2.19. The SMILES string of the molecule is CCN1CCC(CCNC(=O)Cc2ccc(N)cc2)CC1. The van der Waals surface area contributed by atoms with E-state index in [0.29, 0.717) is 6.42 Å². The van der Waals surface area contributed by atoms with Crippen LogP contribution in [-0.4, -0.2) is 37.0 Å². The molecule has 2 rings (SSSR count). The smallest absolute Gasteiger partial charge is 0.224 e. The Morgan fingerprint density at radius 1 is 1.29 bits per heavy atom. The Morgan fingerprint density at radius 2 is 1.95 bits per heavy atom. The Bertz CT molecular complexity index is 436. The quantitative estimate of drug-likeness (QED) is 0.788. The molecule has 4 heteroatoms. The molecule has 1 aliphatic heterocycles. The zero-order chi connectivity index (χ0) is 15.1. The van der Waals surface area contributed by atoms with Crippen molar-refractivity contribution in [2.45, 2.75) is 32.6 Å². The highest BCUT2D eigenvalue weighted by Gasteiger charge is 2.17. The van der Waals surface area contributed by atoms with Gasteiger partial charge in [0.15, 0.2) is 0 Å². The molecule has 0 aliphatic carbocycles. The third-order valence-electron chi connectivity index (χ3n) is 4.37. The summed E-state index contributed by atoms with van der Waals surface area (Å²) in [5.74, 6) is 0.871. The number of anilines is 1. The third-order valence-corrected chi connectivity index (χ3v) is 4.37. The van der Waals surface area contributed by atoms with E-state index in [2.05, 4.69) is 17.1 Å². The first-order chi connectivity index (χ1) is 10.2. The molecular weight excluding hydrogens is 262 g/mol. The Labute approximate surface area is 127 Å². The highest BCUT2D eigenvalue weighted by molar-refractivity contribution is 5.78. The van der Waals surface area contributed by atoms with Crippen molar-refractivity contribution in [3.05, 3.63) is 29.8 Å². The van der Waals surface area contributed by atoms with Crippen molar-refractivity contribution >= 4 is 11.6 Å². The Hall–Kier alpha value is -1.55. The lowest BCUT2D eigenvalue weighted by Gasteiger charge is -2.31. The van der Waals surface area contributed by atoms with Crippen LogP contribution in [0.15, 0.2) is 24.3 Å². The number of likely N-dealkylation sites (tertiary alicyclic amines) is 1. The summed E-state index contributed by atoms with van der Waals surface area (Å²) in [6, 6.07) is 7.50. The Balaban J connectivity index is 1.62. The number of hydrogen-bond donors (Lipinski definition) is 2. The molecule has 0 atom stereocenters. The van der Waals surface area contributed by atoms with Gasteiger partial charge in [-0.1, -0.05) is 19.1 Å². The maximum atomic E-state index is 11.9. The third kappa shape index (κ3) is 5.38. The van der Waals surface area contributed by atoms with Gasteiger partial charge in [0.05, 0.1) is 6.42 Å². The van der Waals surface area contributed by atoms with Crippen LogP contribution >= 0.6 is 0 Å². The number of hydrogen-bond acceptors (Lipinski definition) is 3. The second-order valence-electron chi connectivity index (χ2n) is 5.93. The van der Waals surface area contributed by atoms with Gasteiger partial charge in [-0.2, -0.15) is 0 Å². The van der Waals surface area contributed by atoms with E-state index in [0.717, 1.165) is 36.7 Å². The van der Waals surface area contributed by atoms with E-state index in [9.17, 15) is 4.79 Å². The monoisotopic (exact) mass is 289 g/mol. The van der Waals surface area contributed by atoms with E-state index in [1.807, 2.05) is 24.3 Å². The molecule has 1 aliphatic rings. The summed E-state index contributed by atoms with van der Waals surface area (Å²) in [7, 11) is 0. The molecule has 3 N–H and O–H groups in total. The number of amides is 1. The average molecular weight is 289 g/mol. The van der Waals surface area contributed by atoms with Gasteiger partial charge >= 0.3 is 0 Å². The van der Waals surface area contributed by atoms with Crippen LogP contribution in [0.1, 0.15) is 31.7 Å². The number of rotatable bonds is 6. The summed E-state index contributed by atoms with van der Waals surface area (Å²) >= 11 is 0. The number of benzene rings is 1. The van der Waals surface area contributed by atoms with E-state index in [-0.39, 0.29) is 5.91 Å². The molecule has 0 aromatic heterocycles. The van der Waals surface area contributed by atoms with Crippen LogP contribution in [-0.2, 0) is 11.2 Å². The molecule has 0 unspecified atom stereocenters. The van der Waals surface area contributed by atoms with Crippen molar-refractivity contribution in [1.29, 1.82) is 0 Å². The molecule has 0 saturated carbocycles. The van der Waals surface area contributed by atoms with Crippen LogP contribution < -0.4 is 11.1 Å². The van der Waals surface area contributed by atoms with Gasteiger partial charge in [-0.05, 0) is 62.5 Å². The molecule has 4 nitrogen and oxygen atoms in total. The lowest BCUT2D eigenvalue weighted by molar-refractivity contribution is -0.120. The minimum Gasteiger partial charge on any atom is -0.399 e. The first-order valence-electron chi connectivity index (χ1n) is 8.01. The zero-order valence-corrected chi connectivity index (χ0v) is 13.0. The fraction of sp³-hybridized carbons (Fsp3) is 0.588. The summed E-state index contributed by atoms with van der Waals surface area (Å²) in [5.41, 5.74) is 7.38. The van der Waals surface area contributed by atoms with Crippen molar-refractivity contribution in [3.8, 4) is 0 Å². The minimum atomic E-state index is 0.103. The number of nitrogen functional groups attached to an aromatic ring is 1.